The summed E-state index contributed by atoms with van der Waals surface area (Å²) in [6.07, 6.45) is 7.80. The van der Waals surface area contributed by atoms with Gasteiger partial charge >= 0.3 is 12.1 Å². The molecule has 1 aliphatic carbocycles. The molecule has 0 aliphatic heterocycles. The number of esters is 1. The van der Waals surface area contributed by atoms with Gasteiger partial charge in [-0.25, -0.2) is 9.59 Å². The molecular formula is C15H23NO4. The number of rotatable bonds is 6. The van der Waals surface area contributed by atoms with E-state index in [-0.39, 0.29) is 18.5 Å². The number of carbonyl (C=O) groups excluding carboxylic acids is 2. The summed E-state index contributed by atoms with van der Waals surface area (Å²) in [4.78, 5) is 23.9. The minimum atomic E-state index is -0.928. The molecule has 0 atom stereocenters. The fraction of sp³-hybridized carbons (Fsp3) is 0.733. The second-order valence-electron chi connectivity index (χ2n) is 5.50. The lowest BCUT2D eigenvalue weighted by molar-refractivity contribution is -0.152. The molecule has 1 aliphatic rings. The second-order valence-corrected chi connectivity index (χ2v) is 5.50. The van der Waals surface area contributed by atoms with Gasteiger partial charge in [-0.15, -0.1) is 12.3 Å². The molecule has 112 valence electrons. The maximum atomic E-state index is 12.2. The number of nitrogens with one attached hydrogen (secondary N) is 1. The number of carbonyl (C=O) groups is 2. The van der Waals surface area contributed by atoms with Crippen LogP contribution in [0.1, 0.15) is 46.0 Å². The molecule has 20 heavy (non-hydrogen) atoms. The van der Waals surface area contributed by atoms with Gasteiger partial charge in [0.2, 0.25) is 0 Å². The van der Waals surface area contributed by atoms with Gasteiger partial charge in [-0.2, -0.15) is 0 Å². The molecule has 0 saturated heterocycles. The zero-order valence-electron chi connectivity index (χ0n) is 12.2. The van der Waals surface area contributed by atoms with Crippen LogP contribution in [0.15, 0.2) is 0 Å². The average Bonchev–Trinajstić information content (AvgIpc) is 2.86. The molecule has 1 rings (SSSR count). The number of hydrogen-bond donors (Lipinski definition) is 1. The van der Waals surface area contributed by atoms with Crippen molar-refractivity contribution in [1.82, 2.24) is 5.32 Å². The van der Waals surface area contributed by atoms with Crippen LogP contribution in [0.5, 0.6) is 0 Å². The third-order valence-electron chi connectivity index (χ3n) is 3.22. The van der Waals surface area contributed by atoms with Crippen molar-refractivity contribution in [1.29, 1.82) is 0 Å². The highest BCUT2D eigenvalue weighted by molar-refractivity contribution is 5.86. The summed E-state index contributed by atoms with van der Waals surface area (Å²) in [5.41, 5.74) is -0.928. The Kier molecular flexibility index (Phi) is 6.37. The molecule has 0 heterocycles. The number of hydrogen-bond acceptors (Lipinski definition) is 4. The monoisotopic (exact) mass is 281 g/mol. The first-order chi connectivity index (χ1) is 9.50. The van der Waals surface area contributed by atoms with Crippen molar-refractivity contribution in [2.24, 2.45) is 5.92 Å². The predicted molar refractivity (Wildman–Crippen MR) is 74.9 cm³/mol. The maximum absolute atomic E-state index is 12.2. The molecular weight excluding hydrogens is 258 g/mol. The standard InChI is InChI=1S/C15H23NO4/c1-4-5-10-19-14(18)16-15(8-6-7-9-15)13(17)20-11-12(2)3/h1,12H,5-11H2,2-3H3,(H,16,18). The highest BCUT2D eigenvalue weighted by Gasteiger charge is 2.44. The zero-order chi connectivity index (χ0) is 15.0. The third-order valence-corrected chi connectivity index (χ3v) is 3.22. The summed E-state index contributed by atoms with van der Waals surface area (Å²) in [6, 6.07) is 0. The van der Waals surface area contributed by atoms with Gasteiger partial charge in [0.05, 0.1) is 6.61 Å². The van der Waals surface area contributed by atoms with Gasteiger partial charge in [0, 0.05) is 6.42 Å². The van der Waals surface area contributed by atoms with E-state index in [1.807, 2.05) is 13.8 Å². The minimum absolute atomic E-state index is 0.152. The van der Waals surface area contributed by atoms with Gasteiger partial charge in [0.1, 0.15) is 12.1 Å². The zero-order valence-corrected chi connectivity index (χ0v) is 12.2. The topological polar surface area (TPSA) is 64.6 Å². The summed E-state index contributed by atoms with van der Waals surface area (Å²) >= 11 is 0. The Labute approximate surface area is 120 Å². The molecule has 1 N–H and O–H groups in total. The van der Waals surface area contributed by atoms with Gasteiger partial charge in [-0.3, -0.25) is 0 Å². The van der Waals surface area contributed by atoms with Crippen LogP contribution in [-0.4, -0.2) is 30.8 Å². The molecule has 0 radical (unpaired) electrons. The summed E-state index contributed by atoms with van der Waals surface area (Å²) in [5, 5.41) is 2.67. The van der Waals surface area contributed by atoms with Gasteiger partial charge in [0.15, 0.2) is 0 Å². The summed E-state index contributed by atoms with van der Waals surface area (Å²) in [6.45, 7) is 4.44. The van der Waals surface area contributed by atoms with Crippen LogP contribution >= 0.6 is 0 Å². The van der Waals surface area contributed by atoms with Crippen LogP contribution in [0.4, 0.5) is 4.79 Å². The van der Waals surface area contributed by atoms with Crippen molar-refractivity contribution in [2.45, 2.75) is 51.5 Å². The third kappa shape index (κ3) is 4.76. The SMILES string of the molecule is C#CCCOC(=O)NC1(C(=O)OCC(C)C)CCCC1. The average molecular weight is 281 g/mol. The fourth-order valence-electron chi connectivity index (χ4n) is 2.17. The molecule has 0 unspecified atom stereocenters. The quantitative estimate of drug-likeness (QED) is 0.461. The summed E-state index contributed by atoms with van der Waals surface area (Å²) in [7, 11) is 0. The van der Waals surface area contributed by atoms with Crippen molar-refractivity contribution in [3.8, 4) is 12.3 Å². The highest BCUT2D eigenvalue weighted by atomic mass is 16.6. The first-order valence-electron chi connectivity index (χ1n) is 7.06. The lowest BCUT2D eigenvalue weighted by Gasteiger charge is -2.27. The van der Waals surface area contributed by atoms with E-state index in [1.165, 1.54) is 0 Å². The Balaban J connectivity index is 2.56. The minimum Gasteiger partial charge on any atom is -0.464 e. The predicted octanol–water partition coefficient (Wildman–Crippen LogP) is 2.25. The molecule has 0 spiro atoms. The largest absolute Gasteiger partial charge is 0.464 e. The van der Waals surface area contributed by atoms with E-state index in [4.69, 9.17) is 15.9 Å². The van der Waals surface area contributed by atoms with Crippen LogP contribution in [0.25, 0.3) is 0 Å². The van der Waals surface area contributed by atoms with Gasteiger partial charge in [-0.1, -0.05) is 26.7 Å². The van der Waals surface area contributed by atoms with Crippen molar-refractivity contribution in [2.75, 3.05) is 13.2 Å². The van der Waals surface area contributed by atoms with Crippen LogP contribution in [0.2, 0.25) is 0 Å². The van der Waals surface area contributed by atoms with E-state index in [0.29, 0.717) is 25.9 Å². The molecule has 5 nitrogen and oxygen atoms in total. The molecule has 0 aromatic carbocycles. The van der Waals surface area contributed by atoms with Crippen LogP contribution in [-0.2, 0) is 14.3 Å². The van der Waals surface area contributed by atoms with Gasteiger partial charge in [0.25, 0.3) is 0 Å². The fourth-order valence-corrected chi connectivity index (χ4v) is 2.17. The molecule has 5 heteroatoms. The van der Waals surface area contributed by atoms with Crippen LogP contribution < -0.4 is 5.32 Å². The first-order valence-corrected chi connectivity index (χ1v) is 7.06. The maximum Gasteiger partial charge on any atom is 0.408 e. The molecule has 1 amide bonds. The molecule has 0 aromatic heterocycles. The Morgan fingerprint density at radius 3 is 2.50 bits per heavy atom. The lowest BCUT2D eigenvalue weighted by atomic mass is 9.98. The molecule has 0 bridgehead atoms. The smallest absolute Gasteiger partial charge is 0.408 e. The van der Waals surface area contributed by atoms with Crippen molar-refractivity contribution in [3.63, 3.8) is 0 Å². The van der Waals surface area contributed by atoms with Crippen LogP contribution in [0.3, 0.4) is 0 Å². The number of ether oxygens (including phenoxy) is 2. The van der Waals surface area contributed by atoms with Crippen molar-refractivity contribution in [3.05, 3.63) is 0 Å². The van der Waals surface area contributed by atoms with E-state index < -0.39 is 11.6 Å². The number of amides is 1. The lowest BCUT2D eigenvalue weighted by Crippen LogP contribution is -2.53. The van der Waals surface area contributed by atoms with Crippen molar-refractivity contribution < 1.29 is 19.1 Å². The Morgan fingerprint density at radius 1 is 1.30 bits per heavy atom. The molecule has 1 saturated carbocycles. The Hall–Kier alpha value is -1.70. The number of alkyl carbamates (subject to hydrolysis) is 1. The van der Waals surface area contributed by atoms with E-state index in [1.54, 1.807) is 0 Å². The van der Waals surface area contributed by atoms with E-state index >= 15 is 0 Å². The molecule has 0 aromatic rings. The first kappa shape index (κ1) is 16.4. The number of terminal acetylenes is 1. The van der Waals surface area contributed by atoms with E-state index in [0.717, 1.165) is 12.8 Å². The molecule has 1 fully saturated rings. The van der Waals surface area contributed by atoms with Gasteiger partial charge in [-0.05, 0) is 18.8 Å². The van der Waals surface area contributed by atoms with Gasteiger partial charge < -0.3 is 14.8 Å². The highest BCUT2D eigenvalue weighted by Crippen LogP contribution is 2.31. The Bertz CT molecular complexity index is 378. The van der Waals surface area contributed by atoms with Crippen molar-refractivity contribution >= 4 is 12.1 Å². The summed E-state index contributed by atoms with van der Waals surface area (Å²) < 4.78 is 10.2. The second kappa shape index (κ2) is 7.78. The Morgan fingerprint density at radius 2 is 1.95 bits per heavy atom. The van der Waals surface area contributed by atoms with E-state index in [9.17, 15) is 9.59 Å². The normalized spacial score (nSPS) is 16.5. The van der Waals surface area contributed by atoms with Crippen LogP contribution in [0, 0.1) is 18.3 Å². The summed E-state index contributed by atoms with van der Waals surface area (Å²) in [5.74, 6) is 2.29. The van der Waals surface area contributed by atoms with E-state index in [2.05, 4.69) is 11.2 Å².